The standard InChI is InChI=1S/C14H19N/c1-2-3-4-5-6-12-7-8-13-9-10-15-14(13)11-12/h4-5,7-8,11,15H,2-3,6,9-10H2,1H3. The molecule has 1 heteroatoms. The van der Waals surface area contributed by atoms with Gasteiger partial charge in [-0.15, -0.1) is 0 Å². The van der Waals surface area contributed by atoms with E-state index in [0.717, 1.165) is 13.0 Å². The van der Waals surface area contributed by atoms with Crippen molar-refractivity contribution in [3.8, 4) is 0 Å². The van der Waals surface area contributed by atoms with Crippen molar-refractivity contribution in [3.63, 3.8) is 0 Å². The van der Waals surface area contributed by atoms with E-state index in [2.05, 4.69) is 42.6 Å². The number of benzene rings is 1. The van der Waals surface area contributed by atoms with Gasteiger partial charge in [-0.25, -0.2) is 0 Å². The molecule has 0 saturated heterocycles. The molecule has 0 fully saturated rings. The minimum atomic E-state index is 1.06. The van der Waals surface area contributed by atoms with Gasteiger partial charge < -0.3 is 5.32 Å². The summed E-state index contributed by atoms with van der Waals surface area (Å²) in [5.74, 6) is 0. The fourth-order valence-electron chi connectivity index (χ4n) is 1.97. The predicted octanol–water partition coefficient (Wildman–Crippen LogP) is 3.55. The van der Waals surface area contributed by atoms with Crippen LogP contribution in [0, 0.1) is 0 Å². The molecule has 1 aliphatic heterocycles. The fourth-order valence-corrected chi connectivity index (χ4v) is 1.97. The Balaban J connectivity index is 1.98. The molecule has 0 radical (unpaired) electrons. The molecule has 1 N–H and O–H groups in total. The van der Waals surface area contributed by atoms with Crippen LogP contribution >= 0.6 is 0 Å². The van der Waals surface area contributed by atoms with Crippen molar-refractivity contribution in [3.05, 3.63) is 41.5 Å². The average molecular weight is 201 g/mol. The van der Waals surface area contributed by atoms with Gasteiger partial charge in [-0.3, -0.25) is 0 Å². The molecule has 0 spiro atoms. The highest BCUT2D eigenvalue weighted by atomic mass is 14.9. The van der Waals surface area contributed by atoms with Crippen LogP contribution in [0.5, 0.6) is 0 Å². The van der Waals surface area contributed by atoms with Crippen LogP contribution in [0.4, 0.5) is 5.69 Å². The summed E-state index contributed by atoms with van der Waals surface area (Å²) in [6.45, 7) is 3.31. The van der Waals surface area contributed by atoms with Gasteiger partial charge in [0.2, 0.25) is 0 Å². The summed E-state index contributed by atoms with van der Waals surface area (Å²) in [6.07, 6.45) is 9.24. The van der Waals surface area contributed by atoms with Crippen molar-refractivity contribution < 1.29 is 0 Å². The number of hydrogen-bond donors (Lipinski definition) is 1. The zero-order valence-corrected chi connectivity index (χ0v) is 9.42. The van der Waals surface area contributed by atoms with Gasteiger partial charge in [0, 0.05) is 12.2 Å². The first-order valence-corrected chi connectivity index (χ1v) is 5.91. The highest BCUT2D eigenvalue weighted by Crippen LogP contribution is 2.23. The molecule has 0 saturated carbocycles. The lowest BCUT2D eigenvalue weighted by atomic mass is 10.1. The monoisotopic (exact) mass is 201 g/mol. The van der Waals surface area contributed by atoms with E-state index in [1.165, 1.54) is 36.1 Å². The molecule has 80 valence electrons. The fraction of sp³-hybridized carbons (Fsp3) is 0.429. The number of anilines is 1. The number of fused-ring (bicyclic) bond motifs is 1. The Bertz CT molecular complexity index is 352. The molecule has 0 atom stereocenters. The maximum atomic E-state index is 3.42. The van der Waals surface area contributed by atoms with Crippen LogP contribution < -0.4 is 5.32 Å². The van der Waals surface area contributed by atoms with Crippen LogP contribution in [0.25, 0.3) is 0 Å². The quantitative estimate of drug-likeness (QED) is 0.734. The molecule has 0 aromatic heterocycles. The van der Waals surface area contributed by atoms with Gasteiger partial charge in [0.15, 0.2) is 0 Å². The van der Waals surface area contributed by atoms with E-state index in [0.29, 0.717) is 0 Å². The van der Waals surface area contributed by atoms with Gasteiger partial charge in [0.25, 0.3) is 0 Å². The van der Waals surface area contributed by atoms with Crippen molar-refractivity contribution in [2.75, 3.05) is 11.9 Å². The Morgan fingerprint density at radius 3 is 3.13 bits per heavy atom. The third-order valence-electron chi connectivity index (χ3n) is 2.86. The van der Waals surface area contributed by atoms with E-state index in [-0.39, 0.29) is 0 Å². The summed E-state index contributed by atoms with van der Waals surface area (Å²) in [5, 5.41) is 3.42. The maximum absolute atomic E-state index is 3.42. The lowest BCUT2D eigenvalue weighted by molar-refractivity contribution is 0.953. The second kappa shape index (κ2) is 5.01. The zero-order chi connectivity index (χ0) is 10.5. The summed E-state index contributed by atoms with van der Waals surface area (Å²) < 4.78 is 0. The summed E-state index contributed by atoms with van der Waals surface area (Å²) in [6, 6.07) is 6.80. The Labute approximate surface area is 92.2 Å². The molecule has 0 amide bonds. The first-order valence-electron chi connectivity index (χ1n) is 5.91. The smallest absolute Gasteiger partial charge is 0.0376 e. The van der Waals surface area contributed by atoms with Gasteiger partial charge in [-0.05, 0) is 36.5 Å². The van der Waals surface area contributed by atoms with Gasteiger partial charge >= 0.3 is 0 Å². The van der Waals surface area contributed by atoms with Crippen molar-refractivity contribution in [1.29, 1.82) is 0 Å². The normalized spacial score (nSPS) is 14.2. The third-order valence-corrected chi connectivity index (χ3v) is 2.86. The van der Waals surface area contributed by atoms with Gasteiger partial charge in [-0.2, -0.15) is 0 Å². The Hall–Kier alpha value is -1.24. The molecular weight excluding hydrogens is 182 g/mol. The molecule has 1 aromatic carbocycles. The molecule has 1 aromatic rings. The predicted molar refractivity (Wildman–Crippen MR) is 66.4 cm³/mol. The average Bonchev–Trinajstić information content (AvgIpc) is 2.71. The second-order valence-corrected chi connectivity index (χ2v) is 4.13. The number of nitrogens with one attached hydrogen (secondary N) is 1. The Morgan fingerprint density at radius 2 is 2.27 bits per heavy atom. The molecule has 1 nitrogen and oxygen atoms in total. The Morgan fingerprint density at radius 1 is 1.33 bits per heavy atom. The summed E-state index contributed by atoms with van der Waals surface area (Å²) >= 11 is 0. The molecule has 2 rings (SSSR count). The first-order chi connectivity index (χ1) is 7.40. The van der Waals surface area contributed by atoms with Crippen LogP contribution in [-0.4, -0.2) is 6.54 Å². The molecule has 1 heterocycles. The van der Waals surface area contributed by atoms with E-state index < -0.39 is 0 Å². The van der Waals surface area contributed by atoms with Gasteiger partial charge in [0.05, 0.1) is 0 Å². The third kappa shape index (κ3) is 2.62. The topological polar surface area (TPSA) is 12.0 Å². The first kappa shape index (κ1) is 10.3. The molecule has 15 heavy (non-hydrogen) atoms. The van der Waals surface area contributed by atoms with Crippen LogP contribution in [0.3, 0.4) is 0 Å². The van der Waals surface area contributed by atoms with Gasteiger partial charge in [0.1, 0.15) is 0 Å². The highest BCUT2D eigenvalue weighted by Gasteiger charge is 2.08. The minimum absolute atomic E-state index is 1.06. The SMILES string of the molecule is CCCC=CCc1ccc2c(c1)NCC2. The summed E-state index contributed by atoms with van der Waals surface area (Å²) in [4.78, 5) is 0. The molecule has 0 unspecified atom stereocenters. The number of hydrogen-bond acceptors (Lipinski definition) is 1. The molecule has 0 bridgehead atoms. The van der Waals surface area contributed by atoms with E-state index in [1.54, 1.807) is 0 Å². The summed E-state index contributed by atoms with van der Waals surface area (Å²) in [7, 11) is 0. The van der Waals surface area contributed by atoms with Crippen LogP contribution in [0.1, 0.15) is 30.9 Å². The van der Waals surface area contributed by atoms with Gasteiger partial charge in [-0.1, -0.05) is 37.6 Å². The molecular formula is C14H19N. The van der Waals surface area contributed by atoms with Crippen LogP contribution in [-0.2, 0) is 12.8 Å². The summed E-state index contributed by atoms with van der Waals surface area (Å²) in [5.41, 5.74) is 4.23. The van der Waals surface area contributed by atoms with Crippen molar-refractivity contribution in [2.24, 2.45) is 0 Å². The number of unbranched alkanes of at least 4 members (excludes halogenated alkanes) is 1. The largest absolute Gasteiger partial charge is 0.384 e. The number of allylic oxidation sites excluding steroid dienone is 2. The van der Waals surface area contributed by atoms with E-state index >= 15 is 0 Å². The second-order valence-electron chi connectivity index (χ2n) is 4.13. The van der Waals surface area contributed by atoms with Crippen LogP contribution in [0.15, 0.2) is 30.4 Å². The zero-order valence-electron chi connectivity index (χ0n) is 9.42. The van der Waals surface area contributed by atoms with Crippen molar-refractivity contribution in [1.82, 2.24) is 0 Å². The van der Waals surface area contributed by atoms with E-state index in [9.17, 15) is 0 Å². The Kier molecular flexibility index (Phi) is 3.44. The highest BCUT2D eigenvalue weighted by molar-refractivity contribution is 5.57. The molecule has 0 aliphatic carbocycles. The van der Waals surface area contributed by atoms with Crippen LogP contribution in [0.2, 0.25) is 0 Å². The number of rotatable bonds is 4. The lowest BCUT2D eigenvalue weighted by Crippen LogP contribution is -1.91. The van der Waals surface area contributed by atoms with Crippen molar-refractivity contribution >= 4 is 5.69 Å². The molecule has 1 aliphatic rings. The maximum Gasteiger partial charge on any atom is 0.0376 e. The van der Waals surface area contributed by atoms with Crippen molar-refractivity contribution in [2.45, 2.75) is 32.6 Å². The van der Waals surface area contributed by atoms with E-state index in [4.69, 9.17) is 0 Å². The van der Waals surface area contributed by atoms with E-state index in [1.807, 2.05) is 0 Å². The minimum Gasteiger partial charge on any atom is -0.384 e. The lowest BCUT2D eigenvalue weighted by Gasteiger charge is -2.02.